The van der Waals surface area contributed by atoms with Crippen LogP contribution in [0.3, 0.4) is 0 Å². The van der Waals surface area contributed by atoms with Crippen LogP contribution in [-0.4, -0.2) is 31.7 Å². The first kappa shape index (κ1) is 15.2. The van der Waals surface area contributed by atoms with Crippen molar-refractivity contribution in [1.82, 2.24) is 18.7 Å². The lowest BCUT2D eigenvalue weighted by atomic mass is 10.3. The quantitative estimate of drug-likeness (QED) is 0.660. The molecule has 1 aliphatic rings. The monoisotopic (exact) mass is 341 g/mol. The Bertz CT molecular complexity index is 1140. The van der Waals surface area contributed by atoms with Gasteiger partial charge >= 0.3 is 5.69 Å². The number of aryl methyl sites for hydroxylation is 1. The number of fused-ring (bicyclic) bond motifs is 3. The summed E-state index contributed by atoms with van der Waals surface area (Å²) in [4.78, 5) is 42.9. The van der Waals surface area contributed by atoms with Crippen molar-refractivity contribution in [3.8, 4) is 5.75 Å². The van der Waals surface area contributed by atoms with Crippen molar-refractivity contribution in [2.75, 3.05) is 12.0 Å². The van der Waals surface area contributed by atoms with Gasteiger partial charge in [-0.15, -0.1) is 0 Å². The van der Waals surface area contributed by atoms with Gasteiger partial charge in [0.1, 0.15) is 12.3 Å². The molecule has 1 aromatic carbocycles. The molecule has 0 atom stereocenters. The van der Waals surface area contributed by atoms with Gasteiger partial charge in [-0.2, -0.15) is 4.98 Å². The molecule has 4 rings (SSSR count). The second-order valence-electron chi connectivity index (χ2n) is 5.80. The van der Waals surface area contributed by atoms with E-state index >= 15 is 0 Å². The summed E-state index contributed by atoms with van der Waals surface area (Å²) in [5.41, 5.74) is 0.178. The average Bonchev–Trinajstić information content (AvgIpc) is 3.13. The number of hydrogen-bond donors (Lipinski definition) is 0. The lowest BCUT2D eigenvalue weighted by Crippen LogP contribution is -2.37. The summed E-state index contributed by atoms with van der Waals surface area (Å²) < 4.78 is 8.99. The summed E-state index contributed by atoms with van der Waals surface area (Å²) in [6, 6.07) is 6.96. The van der Waals surface area contributed by atoms with Crippen molar-refractivity contribution >= 4 is 28.7 Å². The lowest BCUT2D eigenvalue weighted by molar-refractivity contribution is -0.117. The molecule has 3 aromatic rings. The zero-order valence-corrected chi connectivity index (χ0v) is 13.9. The molecule has 1 aliphatic heterocycles. The molecule has 0 bridgehead atoms. The first-order valence-electron chi connectivity index (χ1n) is 7.57. The van der Waals surface area contributed by atoms with E-state index in [2.05, 4.69) is 4.98 Å². The molecular weight excluding hydrogens is 326 g/mol. The van der Waals surface area contributed by atoms with Gasteiger partial charge in [0, 0.05) is 14.1 Å². The van der Waals surface area contributed by atoms with Crippen LogP contribution in [0, 0.1) is 0 Å². The van der Waals surface area contributed by atoms with E-state index in [1.54, 1.807) is 43.0 Å². The van der Waals surface area contributed by atoms with Crippen molar-refractivity contribution < 1.29 is 9.53 Å². The Morgan fingerprint density at radius 1 is 1.04 bits per heavy atom. The predicted octanol–water partition coefficient (Wildman–Crippen LogP) is 0.121. The Hall–Kier alpha value is -3.36. The Morgan fingerprint density at radius 3 is 2.36 bits per heavy atom. The SMILES string of the molecule is COc1ccc(N2C(=O)Cn3c2nc2c3c(=O)n(C)c(=O)n2C)cc1. The van der Waals surface area contributed by atoms with E-state index in [1.807, 2.05) is 0 Å². The van der Waals surface area contributed by atoms with Gasteiger partial charge in [0.05, 0.1) is 12.8 Å². The number of methoxy groups -OCH3 is 1. The maximum Gasteiger partial charge on any atom is 0.332 e. The van der Waals surface area contributed by atoms with E-state index in [-0.39, 0.29) is 23.6 Å². The number of ether oxygens (including phenoxy) is 1. The minimum atomic E-state index is -0.471. The Kier molecular flexibility index (Phi) is 3.08. The fourth-order valence-electron chi connectivity index (χ4n) is 3.06. The highest BCUT2D eigenvalue weighted by atomic mass is 16.5. The van der Waals surface area contributed by atoms with E-state index in [1.165, 1.54) is 16.5 Å². The third kappa shape index (κ3) is 1.95. The maximum absolute atomic E-state index is 12.5. The summed E-state index contributed by atoms with van der Waals surface area (Å²) in [6.07, 6.45) is 0. The highest BCUT2D eigenvalue weighted by Crippen LogP contribution is 2.33. The lowest BCUT2D eigenvalue weighted by Gasteiger charge is -2.14. The van der Waals surface area contributed by atoms with Crippen LogP contribution in [0.25, 0.3) is 11.2 Å². The van der Waals surface area contributed by atoms with Gasteiger partial charge in [0.25, 0.3) is 11.5 Å². The standard InChI is InChI=1S/C16H15N5O4/c1-18-13-12(14(23)19(2)16(18)24)20-8-11(22)21(15(20)17-13)9-4-6-10(25-3)7-5-9/h4-7H,8H2,1-3H3. The van der Waals surface area contributed by atoms with Crippen molar-refractivity contribution in [1.29, 1.82) is 0 Å². The predicted molar refractivity (Wildman–Crippen MR) is 90.4 cm³/mol. The highest BCUT2D eigenvalue weighted by Gasteiger charge is 2.34. The fourth-order valence-corrected chi connectivity index (χ4v) is 3.06. The van der Waals surface area contributed by atoms with Crippen molar-refractivity contribution in [2.24, 2.45) is 14.1 Å². The molecular formula is C16H15N5O4. The summed E-state index contributed by atoms with van der Waals surface area (Å²) >= 11 is 0. The number of carbonyl (C=O) groups excluding carboxylic acids is 1. The van der Waals surface area contributed by atoms with Crippen molar-refractivity contribution in [2.45, 2.75) is 6.54 Å². The summed E-state index contributed by atoms with van der Waals surface area (Å²) in [5, 5.41) is 0. The topological polar surface area (TPSA) is 91.4 Å². The van der Waals surface area contributed by atoms with Gasteiger partial charge in [-0.1, -0.05) is 0 Å². The minimum Gasteiger partial charge on any atom is -0.497 e. The number of amides is 1. The molecule has 0 fully saturated rings. The third-order valence-electron chi connectivity index (χ3n) is 4.40. The molecule has 0 saturated heterocycles. The normalized spacial score (nSPS) is 13.6. The second kappa shape index (κ2) is 5.07. The van der Waals surface area contributed by atoms with Crippen LogP contribution in [0.4, 0.5) is 11.6 Å². The number of aromatic nitrogens is 4. The summed E-state index contributed by atoms with van der Waals surface area (Å²) in [5.74, 6) is 0.786. The molecule has 0 radical (unpaired) electrons. The number of nitrogens with zero attached hydrogens (tertiary/aromatic N) is 5. The molecule has 9 heteroatoms. The minimum absolute atomic E-state index is 0.00862. The van der Waals surface area contributed by atoms with Crippen molar-refractivity contribution in [3.05, 3.63) is 45.1 Å². The molecule has 0 N–H and O–H groups in total. The van der Waals surface area contributed by atoms with E-state index in [4.69, 9.17) is 4.74 Å². The largest absolute Gasteiger partial charge is 0.497 e. The number of carbonyl (C=O) groups is 1. The molecule has 3 heterocycles. The molecule has 0 saturated carbocycles. The molecule has 128 valence electrons. The van der Waals surface area contributed by atoms with Crippen LogP contribution in [-0.2, 0) is 25.4 Å². The zero-order chi connectivity index (χ0) is 17.9. The smallest absolute Gasteiger partial charge is 0.332 e. The van der Waals surface area contributed by atoms with Crippen LogP contribution in [0.5, 0.6) is 5.75 Å². The third-order valence-corrected chi connectivity index (χ3v) is 4.40. The fraction of sp³-hybridized carbons (Fsp3) is 0.250. The van der Waals surface area contributed by atoms with Gasteiger partial charge in [-0.25, -0.2) is 9.69 Å². The highest BCUT2D eigenvalue weighted by molar-refractivity contribution is 6.04. The van der Waals surface area contributed by atoms with Gasteiger partial charge in [-0.05, 0) is 24.3 Å². The summed E-state index contributed by atoms with van der Waals surface area (Å²) in [6.45, 7) is -0.00862. The van der Waals surface area contributed by atoms with Crippen LogP contribution in [0.2, 0.25) is 0 Å². The van der Waals surface area contributed by atoms with E-state index < -0.39 is 11.2 Å². The Balaban J connectivity index is 1.98. The van der Waals surface area contributed by atoms with E-state index in [9.17, 15) is 14.4 Å². The van der Waals surface area contributed by atoms with Crippen LogP contribution in [0.15, 0.2) is 33.9 Å². The summed E-state index contributed by atoms with van der Waals surface area (Å²) in [7, 11) is 4.51. The first-order valence-corrected chi connectivity index (χ1v) is 7.57. The molecule has 25 heavy (non-hydrogen) atoms. The van der Waals surface area contributed by atoms with Crippen LogP contribution < -0.4 is 20.9 Å². The number of imidazole rings is 1. The molecule has 1 amide bonds. The number of rotatable bonds is 2. The Labute approximate surface area is 141 Å². The van der Waals surface area contributed by atoms with Gasteiger partial charge in [0.15, 0.2) is 11.2 Å². The molecule has 9 nitrogen and oxygen atoms in total. The van der Waals surface area contributed by atoms with E-state index in [0.29, 0.717) is 17.4 Å². The molecule has 0 unspecified atom stereocenters. The average molecular weight is 341 g/mol. The maximum atomic E-state index is 12.5. The molecule has 0 spiro atoms. The number of benzene rings is 1. The Morgan fingerprint density at radius 2 is 1.72 bits per heavy atom. The van der Waals surface area contributed by atoms with Gasteiger partial charge in [0.2, 0.25) is 5.95 Å². The zero-order valence-electron chi connectivity index (χ0n) is 13.9. The molecule has 0 aliphatic carbocycles. The molecule has 2 aromatic heterocycles. The number of hydrogen-bond acceptors (Lipinski definition) is 5. The second-order valence-corrected chi connectivity index (χ2v) is 5.80. The first-order chi connectivity index (χ1) is 11.9. The van der Waals surface area contributed by atoms with Crippen LogP contribution in [0.1, 0.15) is 0 Å². The van der Waals surface area contributed by atoms with Gasteiger partial charge < -0.3 is 4.74 Å². The van der Waals surface area contributed by atoms with E-state index in [0.717, 1.165) is 4.57 Å². The number of anilines is 2. The van der Waals surface area contributed by atoms with Gasteiger partial charge in [-0.3, -0.25) is 23.3 Å². The van der Waals surface area contributed by atoms with Crippen molar-refractivity contribution in [3.63, 3.8) is 0 Å². The van der Waals surface area contributed by atoms with Crippen LogP contribution >= 0.6 is 0 Å².